The summed E-state index contributed by atoms with van der Waals surface area (Å²) in [7, 11) is 0. The highest BCUT2D eigenvalue weighted by atomic mass is 79.9. The van der Waals surface area contributed by atoms with Gasteiger partial charge >= 0.3 is 0 Å². The first-order chi connectivity index (χ1) is 9.98. The van der Waals surface area contributed by atoms with Crippen LogP contribution in [0.4, 0.5) is 0 Å². The first-order valence-electron chi connectivity index (χ1n) is 6.90. The van der Waals surface area contributed by atoms with Crippen molar-refractivity contribution in [2.75, 3.05) is 6.54 Å². The van der Waals surface area contributed by atoms with E-state index in [2.05, 4.69) is 41.9 Å². The number of nitrogens with two attached hydrogens (primary N) is 1. The van der Waals surface area contributed by atoms with Gasteiger partial charge in [0.15, 0.2) is 11.5 Å². The number of ether oxygens (including phenoxy) is 2. The fraction of sp³-hybridized carbons (Fsp3) is 0.375. The van der Waals surface area contributed by atoms with Crippen LogP contribution < -0.4 is 15.2 Å². The minimum Gasteiger partial charge on any atom is -0.483 e. The molecule has 3 rings (SSSR count). The predicted octanol–water partition coefficient (Wildman–Crippen LogP) is 4.30. The number of para-hydroxylation sites is 1. The highest BCUT2D eigenvalue weighted by molar-refractivity contribution is 9.10. The molecule has 0 aliphatic carbocycles. The number of benzene rings is 1. The predicted molar refractivity (Wildman–Crippen MR) is 89.3 cm³/mol. The van der Waals surface area contributed by atoms with E-state index in [1.807, 2.05) is 17.5 Å². The van der Waals surface area contributed by atoms with Crippen molar-refractivity contribution in [1.29, 1.82) is 0 Å². The highest BCUT2D eigenvalue weighted by Crippen LogP contribution is 2.43. The molecule has 1 atom stereocenters. The first-order valence-corrected chi connectivity index (χ1v) is 8.57. The van der Waals surface area contributed by atoms with Gasteiger partial charge in [-0.05, 0) is 41.9 Å². The van der Waals surface area contributed by atoms with Crippen LogP contribution in [0.3, 0.4) is 0 Å². The van der Waals surface area contributed by atoms with E-state index in [1.165, 1.54) is 5.56 Å². The van der Waals surface area contributed by atoms with E-state index in [1.54, 1.807) is 11.3 Å². The molecule has 0 fully saturated rings. The summed E-state index contributed by atoms with van der Waals surface area (Å²) in [6, 6.07) is 8.11. The maximum atomic E-state index is 6.14. The summed E-state index contributed by atoms with van der Waals surface area (Å²) in [6.45, 7) is 4.61. The van der Waals surface area contributed by atoms with Crippen LogP contribution in [0, 0.1) is 0 Å². The van der Waals surface area contributed by atoms with Crippen LogP contribution in [-0.2, 0) is 6.42 Å². The molecule has 0 radical (unpaired) electrons. The van der Waals surface area contributed by atoms with E-state index < -0.39 is 0 Å². The Morgan fingerprint density at radius 1 is 1.48 bits per heavy atom. The largest absolute Gasteiger partial charge is 0.483 e. The Kier molecular flexibility index (Phi) is 3.99. The Labute approximate surface area is 137 Å². The Morgan fingerprint density at radius 3 is 2.95 bits per heavy atom. The second-order valence-corrected chi connectivity index (χ2v) is 7.65. The summed E-state index contributed by atoms with van der Waals surface area (Å²) >= 11 is 5.11. The molecule has 2 N–H and O–H groups in total. The SMILES string of the molecule is CC1(C)Cc2cccc(OC(CN)c3cc(Br)cs3)c2O1. The maximum absolute atomic E-state index is 6.14. The summed E-state index contributed by atoms with van der Waals surface area (Å²) in [5.74, 6) is 1.63. The van der Waals surface area contributed by atoms with Gasteiger partial charge in [-0.3, -0.25) is 0 Å². The Balaban J connectivity index is 1.87. The average Bonchev–Trinajstić information content (AvgIpc) is 2.98. The van der Waals surface area contributed by atoms with Gasteiger partial charge in [-0.1, -0.05) is 12.1 Å². The van der Waals surface area contributed by atoms with Crippen molar-refractivity contribution in [1.82, 2.24) is 0 Å². The van der Waals surface area contributed by atoms with Crippen molar-refractivity contribution in [3.63, 3.8) is 0 Å². The summed E-state index contributed by atoms with van der Waals surface area (Å²) < 4.78 is 13.2. The van der Waals surface area contributed by atoms with Gasteiger partial charge in [0, 0.05) is 33.3 Å². The van der Waals surface area contributed by atoms with Gasteiger partial charge < -0.3 is 15.2 Å². The van der Waals surface area contributed by atoms with Gasteiger partial charge in [0.2, 0.25) is 0 Å². The summed E-state index contributed by atoms with van der Waals surface area (Å²) in [4.78, 5) is 1.11. The molecule has 2 aromatic rings. The molecule has 3 nitrogen and oxygen atoms in total. The lowest BCUT2D eigenvalue weighted by atomic mass is 10.0. The molecular weight excluding hydrogens is 350 g/mol. The fourth-order valence-electron chi connectivity index (χ4n) is 2.55. The summed E-state index contributed by atoms with van der Waals surface area (Å²) in [6.07, 6.45) is 0.747. The summed E-state index contributed by atoms with van der Waals surface area (Å²) in [5.41, 5.74) is 6.91. The smallest absolute Gasteiger partial charge is 0.165 e. The van der Waals surface area contributed by atoms with E-state index in [0.29, 0.717) is 6.54 Å². The molecule has 0 saturated carbocycles. The quantitative estimate of drug-likeness (QED) is 0.875. The maximum Gasteiger partial charge on any atom is 0.165 e. The molecule has 0 amide bonds. The molecule has 5 heteroatoms. The lowest BCUT2D eigenvalue weighted by Crippen LogP contribution is -2.25. The molecule has 0 spiro atoms. The molecule has 2 heterocycles. The molecule has 1 unspecified atom stereocenters. The van der Waals surface area contributed by atoms with E-state index >= 15 is 0 Å². The van der Waals surface area contributed by atoms with Crippen molar-refractivity contribution >= 4 is 27.3 Å². The van der Waals surface area contributed by atoms with Crippen molar-refractivity contribution in [2.45, 2.75) is 32.0 Å². The fourth-order valence-corrected chi connectivity index (χ4v) is 4.04. The Bertz CT molecular complexity index is 653. The molecule has 1 aromatic carbocycles. The van der Waals surface area contributed by atoms with Gasteiger partial charge in [0.1, 0.15) is 11.7 Å². The Hall–Kier alpha value is -1.04. The second-order valence-electron chi connectivity index (χ2n) is 5.79. The third-order valence-electron chi connectivity index (χ3n) is 3.44. The van der Waals surface area contributed by atoms with E-state index in [-0.39, 0.29) is 11.7 Å². The molecule has 1 aliphatic heterocycles. The number of halogens is 1. The number of rotatable bonds is 4. The van der Waals surface area contributed by atoms with Crippen molar-refractivity contribution in [2.24, 2.45) is 5.73 Å². The molecule has 21 heavy (non-hydrogen) atoms. The first kappa shape index (κ1) is 14.9. The molecule has 0 saturated heterocycles. The zero-order valence-corrected chi connectivity index (χ0v) is 14.5. The van der Waals surface area contributed by atoms with Crippen LogP contribution in [0.5, 0.6) is 11.5 Å². The Morgan fingerprint density at radius 2 is 2.29 bits per heavy atom. The van der Waals surface area contributed by atoms with Crippen LogP contribution >= 0.6 is 27.3 Å². The van der Waals surface area contributed by atoms with Crippen LogP contribution in [0.15, 0.2) is 34.1 Å². The topological polar surface area (TPSA) is 44.5 Å². The zero-order valence-electron chi connectivity index (χ0n) is 12.1. The third kappa shape index (κ3) is 3.10. The molecule has 1 aromatic heterocycles. The normalized spacial score (nSPS) is 17.1. The zero-order chi connectivity index (χ0) is 15.0. The monoisotopic (exact) mass is 367 g/mol. The highest BCUT2D eigenvalue weighted by Gasteiger charge is 2.32. The molecule has 1 aliphatic rings. The van der Waals surface area contributed by atoms with E-state index in [4.69, 9.17) is 15.2 Å². The number of fused-ring (bicyclic) bond motifs is 1. The molecular formula is C16H18BrNO2S. The molecule has 112 valence electrons. The average molecular weight is 368 g/mol. The van der Waals surface area contributed by atoms with Crippen LogP contribution in [0.1, 0.15) is 30.4 Å². The molecule has 0 bridgehead atoms. The van der Waals surface area contributed by atoms with Gasteiger partial charge in [0.05, 0.1) is 0 Å². The van der Waals surface area contributed by atoms with Gasteiger partial charge in [-0.2, -0.15) is 0 Å². The minimum atomic E-state index is -0.175. The van der Waals surface area contributed by atoms with Crippen molar-refractivity contribution in [3.8, 4) is 11.5 Å². The van der Waals surface area contributed by atoms with Crippen LogP contribution in [-0.4, -0.2) is 12.1 Å². The number of hydrogen-bond donors (Lipinski definition) is 1. The van der Waals surface area contributed by atoms with Gasteiger partial charge in [-0.15, -0.1) is 11.3 Å². The lowest BCUT2D eigenvalue weighted by Gasteiger charge is -2.20. The third-order valence-corrected chi connectivity index (χ3v) is 5.23. The summed E-state index contributed by atoms with van der Waals surface area (Å²) in [5, 5.41) is 2.04. The lowest BCUT2D eigenvalue weighted by molar-refractivity contribution is 0.126. The van der Waals surface area contributed by atoms with Gasteiger partial charge in [-0.25, -0.2) is 0 Å². The minimum absolute atomic E-state index is 0.153. The number of hydrogen-bond acceptors (Lipinski definition) is 4. The van der Waals surface area contributed by atoms with Crippen molar-refractivity contribution in [3.05, 3.63) is 44.6 Å². The van der Waals surface area contributed by atoms with E-state index in [9.17, 15) is 0 Å². The van der Waals surface area contributed by atoms with Crippen LogP contribution in [0.25, 0.3) is 0 Å². The number of thiophene rings is 1. The standard InChI is InChI=1S/C16H18BrNO2S/c1-16(2)7-10-4-3-5-12(15(10)20-16)19-13(8-18)14-6-11(17)9-21-14/h3-6,9,13H,7-8,18H2,1-2H3. The van der Waals surface area contributed by atoms with Crippen LogP contribution in [0.2, 0.25) is 0 Å². The van der Waals surface area contributed by atoms with Crippen molar-refractivity contribution < 1.29 is 9.47 Å². The second kappa shape index (κ2) is 5.63. The van der Waals surface area contributed by atoms with Gasteiger partial charge in [0.25, 0.3) is 0 Å². The van der Waals surface area contributed by atoms with E-state index in [0.717, 1.165) is 27.3 Å².